The number of amides is 1. The van der Waals surface area contributed by atoms with Gasteiger partial charge in [0.2, 0.25) is 5.95 Å². The molecule has 0 aliphatic rings. The van der Waals surface area contributed by atoms with Crippen LogP contribution in [-0.2, 0) is 0 Å². The third kappa shape index (κ3) is 2.40. The standard InChI is InChI=1S/C11H8F2N4O/c12-7-4-6(5-8(13)9(7)14)10(18)17-11-15-2-1-3-16-11/h1-5H,14H2,(H,15,16,17,18). The first-order valence-corrected chi connectivity index (χ1v) is 4.91. The van der Waals surface area contributed by atoms with Crippen molar-refractivity contribution in [1.29, 1.82) is 0 Å². The van der Waals surface area contributed by atoms with Crippen LogP contribution < -0.4 is 11.1 Å². The number of benzene rings is 1. The van der Waals surface area contributed by atoms with Gasteiger partial charge in [-0.3, -0.25) is 10.1 Å². The van der Waals surface area contributed by atoms with Gasteiger partial charge >= 0.3 is 0 Å². The predicted octanol–water partition coefficient (Wildman–Crippen LogP) is 1.59. The summed E-state index contributed by atoms with van der Waals surface area (Å²) in [5.41, 5.74) is 4.27. The molecular formula is C11H8F2N4O. The summed E-state index contributed by atoms with van der Waals surface area (Å²) in [4.78, 5) is 19.2. The highest BCUT2D eigenvalue weighted by Crippen LogP contribution is 2.17. The van der Waals surface area contributed by atoms with Crippen LogP contribution in [0.1, 0.15) is 10.4 Å². The van der Waals surface area contributed by atoms with E-state index in [-0.39, 0.29) is 11.5 Å². The van der Waals surface area contributed by atoms with Gasteiger partial charge in [-0.2, -0.15) is 0 Å². The van der Waals surface area contributed by atoms with Gasteiger partial charge in [-0.15, -0.1) is 0 Å². The van der Waals surface area contributed by atoms with Crippen molar-refractivity contribution in [2.75, 3.05) is 11.1 Å². The van der Waals surface area contributed by atoms with E-state index in [4.69, 9.17) is 5.73 Å². The molecule has 1 heterocycles. The number of nitrogens with zero attached hydrogens (tertiary/aromatic N) is 2. The number of carbonyl (C=O) groups is 1. The maximum absolute atomic E-state index is 13.2. The van der Waals surface area contributed by atoms with Gasteiger partial charge in [0, 0.05) is 18.0 Å². The van der Waals surface area contributed by atoms with Crippen molar-refractivity contribution in [3.63, 3.8) is 0 Å². The molecule has 0 unspecified atom stereocenters. The summed E-state index contributed by atoms with van der Waals surface area (Å²) in [5, 5.41) is 2.30. The van der Waals surface area contributed by atoms with Crippen molar-refractivity contribution in [2.24, 2.45) is 0 Å². The molecule has 0 atom stereocenters. The number of hydrogen-bond acceptors (Lipinski definition) is 4. The minimum Gasteiger partial charge on any atom is -0.394 e. The quantitative estimate of drug-likeness (QED) is 0.793. The molecule has 1 aromatic heterocycles. The van der Waals surface area contributed by atoms with Crippen LogP contribution in [0.25, 0.3) is 0 Å². The number of carbonyl (C=O) groups excluding carboxylic acids is 1. The molecular weight excluding hydrogens is 242 g/mol. The van der Waals surface area contributed by atoms with Crippen molar-refractivity contribution >= 4 is 17.5 Å². The number of halogens is 2. The first-order chi connectivity index (χ1) is 8.58. The Balaban J connectivity index is 2.25. The lowest BCUT2D eigenvalue weighted by Crippen LogP contribution is -2.15. The summed E-state index contributed by atoms with van der Waals surface area (Å²) < 4.78 is 26.3. The first kappa shape index (κ1) is 11.9. The minimum atomic E-state index is -0.992. The second kappa shape index (κ2) is 4.74. The molecule has 0 saturated carbocycles. The average molecular weight is 250 g/mol. The SMILES string of the molecule is Nc1c(F)cc(C(=O)Nc2ncccn2)cc1F. The smallest absolute Gasteiger partial charge is 0.258 e. The molecule has 2 rings (SSSR count). The van der Waals surface area contributed by atoms with E-state index in [1.807, 2.05) is 0 Å². The second-order valence-corrected chi connectivity index (χ2v) is 3.38. The molecule has 2 aromatic rings. The maximum Gasteiger partial charge on any atom is 0.258 e. The molecule has 0 radical (unpaired) electrons. The van der Waals surface area contributed by atoms with Gasteiger partial charge in [0.25, 0.3) is 5.91 Å². The Morgan fingerprint density at radius 3 is 2.28 bits per heavy atom. The average Bonchev–Trinajstić information content (AvgIpc) is 2.36. The third-order valence-electron chi connectivity index (χ3n) is 2.13. The van der Waals surface area contributed by atoms with E-state index < -0.39 is 23.2 Å². The summed E-state index contributed by atoms with van der Waals surface area (Å²) in [6.07, 6.45) is 2.85. The monoisotopic (exact) mass is 250 g/mol. The zero-order chi connectivity index (χ0) is 13.1. The second-order valence-electron chi connectivity index (χ2n) is 3.38. The summed E-state index contributed by atoms with van der Waals surface area (Å²) in [6, 6.07) is 3.26. The largest absolute Gasteiger partial charge is 0.394 e. The molecule has 1 aromatic carbocycles. The lowest BCUT2D eigenvalue weighted by molar-refractivity contribution is 0.102. The van der Waals surface area contributed by atoms with Gasteiger partial charge in [0.15, 0.2) is 0 Å². The molecule has 0 spiro atoms. The molecule has 0 aliphatic heterocycles. The molecule has 7 heteroatoms. The fourth-order valence-corrected chi connectivity index (χ4v) is 1.25. The molecule has 5 nitrogen and oxygen atoms in total. The van der Waals surface area contributed by atoms with Gasteiger partial charge in [0.05, 0.1) is 0 Å². The first-order valence-electron chi connectivity index (χ1n) is 4.91. The molecule has 0 aliphatic carbocycles. The van der Waals surface area contributed by atoms with Crippen LogP contribution >= 0.6 is 0 Å². The Hall–Kier alpha value is -2.57. The highest BCUT2D eigenvalue weighted by Gasteiger charge is 2.13. The highest BCUT2D eigenvalue weighted by atomic mass is 19.1. The van der Waals surface area contributed by atoms with E-state index in [0.29, 0.717) is 0 Å². The van der Waals surface area contributed by atoms with Gasteiger partial charge in [-0.05, 0) is 18.2 Å². The Labute approximate surface area is 101 Å². The molecule has 0 saturated heterocycles. The van der Waals surface area contributed by atoms with E-state index in [1.165, 1.54) is 12.4 Å². The highest BCUT2D eigenvalue weighted by molar-refractivity contribution is 6.03. The molecule has 0 fully saturated rings. The van der Waals surface area contributed by atoms with E-state index in [2.05, 4.69) is 15.3 Å². The van der Waals surface area contributed by atoms with Crippen LogP contribution in [0.15, 0.2) is 30.6 Å². The normalized spacial score (nSPS) is 10.1. The van der Waals surface area contributed by atoms with Crippen molar-refractivity contribution in [3.8, 4) is 0 Å². The Kier molecular flexibility index (Phi) is 3.13. The Morgan fingerprint density at radius 2 is 1.72 bits per heavy atom. The van der Waals surface area contributed by atoms with Crippen LogP contribution in [0.4, 0.5) is 20.4 Å². The number of nitrogens with two attached hydrogens (primary N) is 1. The van der Waals surface area contributed by atoms with Crippen LogP contribution in [0, 0.1) is 11.6 Å². The van der Waals surface area contributed by atoms with Crippen LogP contribution in [0.2, 0.25) is 0 Å². The fraction of sp³-hybridized carbons (Fsp3) is 0. The number of hydrogen-bond donors (Lipinski definition) is 2. The van der Waals surface area contributed by atoms with Crippen LogP contribution in [0.3, 0.4) is 0 Å². The number of nitrogen functional groups attached to an aromatic ring is 1. The summed E-state index contributed by atoms with van der Waals surface area (Å²) in [7, 11) is 0. The van der Waals surface area contributed by atoms with Gasteiger partial charge in [-0.25, -0.2) is 18.7 Å². The Bertz CT molecular complexity index is 566. The van der Waals surface area contributed by atoms with E-state index >= 15 is 0 Å². The van der Waals surface area contributed by atoms with Gasteiger partial charge in [0.1, 0.15) is 17.3 Å². The number of nitrogens with one attached hydrogen (secondary N) is 1. The molecule has 18 heavy (non-hydrogen) atoms. The van der Waals surface area contributed by atoms with Crippen molar-refractivity contribution in [3.05, 3.63) is 47.8 Å². The van der Waals surface area contributed by atoms with Crippen molar-refractivity contribution < 1.29 is 13.6 Å². The van der Waals surface area contributed by atoms with E-state index in [9.17, 15) is 13.6 Å². The topological polar surface area (TPSA) is 80.9 Å². The van der Waals surface area contributed by atoms with Crippen LogP contribution in [-0.4, -0.2) is 15.9 Å². The molecule has 1 amide bonds. The van der Waals surface area contributed by atoms with E-state index in [1.54, 1.807) is 6.07 Å². The third-order valence-corrected chi connectivity index (χ3v) is 2.13. The van der Waals surface area contributed by atoms with Crippen molar-refractivity contribution in [1.82, 2.24) is 9.97 Å². The predicted molar refractivity (Wildman–Crippen MR) is 60.8 cm³/mol. The fourth-order valence-electron chi connectivity index (χ4n) is 1.25. The molecule has 92 valence electrons. The molecule has 0 bridgehead atoms. The summed E-state index contributed by atoms with van der Waals surface area (Å²) in [6.45, 7) is 0. The van der Waals surface area contributed by atoms with Gasteiger partial charge in [-0.1, -0.05) is 0 Å². The summed E-state index contributed by atoms with van der Waals surface area (Å²) >= 11 is 0. The van der Waals surface area contributed by atoms with Crippen molar-refractivity contribution in [2.45, 2.75) is 0 Å². The number of rotatable bonds is 2. The molecule has 3 N–H and O–H groups in total. The van der Waals surface area contributed by atoms with E-state index in [0.717, 1.165) is 12.1 Å². The zero-order valence-corrected chi connectivity index (χ0v) is 9.02. The Morgan fingerprint density at radius 1 is 1.17 bits per heavy atom. The number of aromatic nitrogens is 2. The minimum absolute atomic E-state index is 0.0418. The zero-order valence-electron chi connectivity index (χ0n) is 9.02. The maximum atomic E-state index is 13.2. The lowest BCUT2D eigenvalue weighted by atomic mass is 10.2. The van der Waals surface area contributed by atoms with Gasteiger partial charge < -0.3 is 5.73 Å². The summed E-state index contributed by atoms with van der Waals surface area (Å²) in [5.74, 6) is -2.66. The lowest BCUT2D eigenvalue weighted by Gasteiger charge is -2.05. The van der Waals surface area contributed by atoms with Crippen LogP contribution in [0.5, 0.6) is 0 Å². The number of anilines is 2.